The van der Waals surface area contributed by atoms with E-state index in [-0.39, 0.29) is 19.3 Å². The van der Waals surface area contributed by atoms with E-state index in [1.165, 1.54) is 5.56 Å². The highest BCUT2D eigenvalue weighted by molar-refractivity contribution is 6.35. The Labute approximate surface area is 155 Å². The smallest absolute Gasteiger partial charge is 0.260 e. The SMILES string of the molecule is O=C(COc1ccc(Cl)cc1Cl)N1CCc2cc3c(cc2C1)OCO3. The second-order valence-electron chi connectivity index (χ2n) is 5.90. The topological polar surface area (TPSA) is 48.0 Å². The largest absolute Gasteiger partial charge is 0.482 e. The van der Waals surface area contributed by atoms with E-state index < -0.39 is 0 Å². The molecular weight excluding hydrogens is 365 g/mol. The van der Waals surface area contributed by atoms with Crippen LogP contribution in [0.15, 0.2) is 30.3 Å². The third-order valence-corrected chi connectivity index (χ3v) is 4.84. The van der Waals surface area contributed by atoms with Crippen LogP contribution in [0, 0.1) is 0 Å². The van der Waals surface area contributed by atoms with Gasteiger partial charge in [-0.05, 0) is 47.9 Å². The van der Waals surface area contributed by atoms with Crippen LogP contribution in [-0.4, -0.2) is 30.8 Å². The lowest BCUT2D eigenvalue weighted by molar-refractivity contribution is -0.134. The van der Waals surface area contributed by atoms with Gasteiger partial charge in [0.05, 0.1) is 5.02 Å². The van der Waals surface area contributed by atoms with Gasteiger partial charge in [0.2, 0.25) is 6.79 Å². The number of rotatable bonds is 3. The van der Waals surface area contributed by atoms with E-state index in [4.69, 9.17) is 37.4 Å². The first-order valence-corrected chi connectivity index (χ1v) is 8.63. The maximum Gasteiger partial charge on any atom is 0.260 e. The molecule has 5 nitrogen and oxygen atoms in total. The predicted molar refractivity (Wildman–Crippen MR) is 93.6 cm³/mol. The summed E-state index contributed by atoms with van der Waals surface area (Å²) in [6.45, 7) is 1.35. The summed E-state index contributed by atoms with van der Waals surface area (Å²) in [6, 6.07) is 8.87. The third kappa shape index (κ3) is 3.34. The molecule has 0 bridgehead atoms. The van der Waals surface area contributed by atoms with Crippen molar-refractivity contribution in [3.8, 4) is 17.2 Å². The Bertz CT molecular complexity index is 840. The lowest BCUT2D eigenvalue weighted by Crippen LogP contribution is -2.38. The summed E-state index contributed by atoms with van der Waals surface area (Å²) >= 11 is 11.9. The fourth-order valence-electron chi connectivity index (χ4n) is 2.98. The van der Waals surface area contributed by atoms with Crippen molar-refractivity contribution in [1.82, 2.24) is 4.90 Å². The van der Waals surface area contributed by atoms with Crippen LogP contribution in [0.5, 0.6) is 17.2 Å². The van der Waals surface area contributed by atoms with Crippen molar-refractivity contribution in [3.63, 3.8) is 0 Å². The number of amides is 1. The average molecular weight is 380 g/mol. The van der Waals surface area contributed by atoms with E-state index in [1.54, 1.807) is 23.1 Å². The molecule has 0 spiro atoms. The van der Waals surface area contributed by atoms with Gasteiger partial charge < -0.3 is 19.1 Å². The molecule has 2 aliphatic heterocycles. The summed E-state index contributed by atoms with van der Waals surface area (Å²) in [5.74, 6) is 1.87. The molecule has 25 heavy (non-hydrogen) atoms. The Morgan fingerprint density at radius 2 is 1.88 bits per heavy atom. The van der Waals surface area contributed by atoms with Gasteiger partial charge in [-0.3, -0.25) is 4.79 Å². The zero-order valence-corrected chi connectivity index (χ0v) is 14.8. The van der Waals surface area contributed by atoms with Gasteiger partial charge in [-0.2, -0.15) is 0 Å². The molecule has 0 aliphatic carbocycles. The second kappa shape index (κ2) is 6.65. The monoisotopic (exact) mass is 379 g/mol. The quantitative estimate of drug-likeness (QED) is 0.815. The van der Waals surface area contributed by atoms with Crippen LogP contribution in [0.2, 0.25) is 10.0 Å². The van der Waals surface area contributed by atoms with E-state index >= 15 is 0 Å². The summed E-state index contributed by atoms with van der Waals surface area (Å²) < 4.78 is 16.4. The number of nitrogens with zero attached hydrogens (tertiary/aromatic N) is 1. The molecule has 7 heteroatoms. The van der Waals surface area contributed by atoms with Gasteiger partial charge in [-0.1, -0.05) is 23.2 Å². The highest BCUT2D eigenvalue weighted by Gasteiger charge is 2.25. The van der Waals surface area contributed by atoms with Gasteiger partial charge in [-0.15, -0.1) is 0 Å². The number of halogens is 2. The van der Waals surface area contributed by atoms with Crippen molar-refractivity contribution in [2.45, 2.75) is 13.0 Å². The van der Waals surface area contributed by atoms with E-state index in [1.807, 2.05) is 12.1 Å². The Balaban J connectivity index is 1.42. The van der Waals surface area contributed by atoms with Crippen LogP contribution < -0.4 is 14.2 Å². The molecule has 0 unspecified atom stereocenters. The number of carbonyl (C=O) groups is 1. The highest BCUT2D eigenvalue weighted by atomic mass is 35.5. The van der Waals surface area contributed by atoms with Crippen molar-refractivity contribution in [3.05, 3.63) is 51.5 Å². The van der Waals surface area contributed by atoms with E-state index in [9.17, 15) is 4.79 Å². The normalized spacial score (nSPS) is 15.0. The molecule has 0 radical (unpaired) electrons. The third-order valence-electron chi connectivity index (χ3n) is 4.30. The Morgan fingerprint density at radius 1 is 1.12 bits per heavy atom. The van der Waals surface area contributed by atoms with Gasteiger partial charge in [0.1, 0.15) is 5.75 Å². The summed E-state index contributed by atoms with van der Waals surface area (Å²) in [4.78, 5) is 14.2. The number of benzene rings is 2. The first-order chi connectivity index (χ1) is 12.1. The maximum absolute atomic E-state index is 12.5. The molecule has 2 aromatic carbocycles. The summed E-state index contributed by atoms with van der Waals surface area (Å²) in [7, 11) is 0. The second-order valence-corrected chi connectivity index (χ2v) is 6.75. The van der Waals surface area contributed by atoms with E-state index in [2.05, 4.69) is 0 Å². The molecule has 1 amide bonds. The fourth-order valence-corrected chi connectivity index (χ4v) is 3.45. The minimum Gasteiger partial charge on any atom is -0.482 e. The lowest BCUT2D eigenvalue weighted by atomic mass is 9.99. The van der Waals surface area contributed by atoms with Gasteiger partial charge >= 0.3 is 0 Å². The minimum absolute atomic E-state index is 0.0682. The molecule has 0 fully saturated rings. The molecule has 0 atom stereocenters. The first-order valence-electron chi connectivity index (χ1n) is 7.87. The van der Waals surface area contributed by atoms with Crippen molar-refractivity contribution >= 4 is 29.1 Å². The van der Waals surface area contributed by atoms with Gasteiger partial charge in [0.25, 0.3) is 5.91 Å². The summed E-state index contributed by atoms with van der Waals surface area (Å²) in [6.07, 6.45) is 0.777. The summed E-state index contributed by atoms with van der Waals surface area (Å²) in [5, 5.41) is 0.909. The lowest BCUT2D eigenvalue weighted by Gasteiger charge is -2.29. The number of carbonyl (C=O) groups excluding carboxylic acids is 1. The highest BCUT2D eigenvalue weighted by Crippen LogP contribution is 2.36. The summed E-state index contributed by atoms with van der Waals surface area (Å²) in [5.41, 5.74) is 2.27. The van der Waals surface area contributed by atoms with Crippen molar-refractivity contribution < 1.29 is 19.0 Å². The van der Waals surface area contributed by atoms with Gasteiger partial charge in [-0.25, -0.2) is 0 Å². The first kappa shape index (κ1) is 16.4. The molecular formula is C18H15Cl2NO4. The molecule has 4 rings (SSSR count). The van der Waals surface area contributed by atoms with Gasteiger partial charge in [0.15, 0.2) is 18.1 Å². The Morgan fingerprint density at radius 3 is 2.64 bits per heavy atom. The van der Waals surface area contributed by atoms with Crippen LogP contribution in [0.1, 0.15) is 11.1 Å². The number of hydrogen-bond acceptors (Lipinski definition) is 4. The van der Waals surface area contributed by atoms with E-state index in [0.717, 1.165) is 23.5 Å². The number of hydrogen-bond donors (Lipinski definition) is 0. The molecule has 0 saturated carbocycles. The van der Waals surface area contributed by atoms with Gasteiger partial charge in [0, 0.05) is 18.1 Å². The zero-order chi connectivity index (χ0) is 17.4. The van der Waals surface area contributed by atoms with Crippen LogP contribution in [0.4, 0.5) is 0 Å². The number of ether oxygens (including phenoxy) is 3. The standard InChI is InChI=1S/C18H15Cl2NO4/c19-13-1-2-15(14(20)7-13)23-9-18(22)21-4-3-11-5-16-17(25-10-24-16)6-12(11)8-21/h1-2,5-7H,3-4,8-10H2. The molecule has 0 aromatic heterocycles. The molecule has 0 N–H and O–H groups in total. The molecule has 2 aromatic rings. The average Bonchev–Trinajstić information content (AvgIpc) is 3.05. The molecule has 2 aliphatic rings. The Kier molecular flexibility index (Phi) is 4.36. The van der Waals surface area contributed by atoms with Crippen molar-refractivity contribution in [1.29, 1.82) is 0 Å². The van der Waals surface area contributed by atoms with Crippen molar-refractivity contribution in [2.24, 2.45) is 0 Å². The predicted octanol–water partition coefficient (Wildman–Crippen LogP) is 3.69. The van der Waals surface area contributed by atoms with Crippen LogP contribution in [0.25, 0.3) is 0 Å². The van der Waals surface area contributed by atoms with Crippen LogP contribution in [-0.2, 0) is 17.8 Å². The minimum atomic E-state index is -0.0886. The molecule has 130 valence electrons. The van der Waals surface area contributed by atoms with Crippen LogP contribution in [0.3, 0.4) is 0 Å². The molecule has 2 heterocycles. The van der Waals surface area contributed by atoms with Crippen LogP contribution >= 0.6 is 23.2 Å². The zero-order valence-electron chi connectivity index (χ0n) is 13.3. The Hall–Kier alpha value is -2.11. The fraction of sp³-hybridized carbons (Fsp3) is 0.278. The molecule has 0 saturated heterocycles. The van der Waals surface area contributed by atoms with E-state index in [0.29, 0.717) is 28.9 Å². The maximum atomic E-state index is 12.5. The number of fused-ring (bicyclic) bond motifs is 2. The van der Waals surface area contributed by atoms with Crippen molar-refractivity contribution in [2.75, 3.05) is 19.9 Å².